The Morgan fingerprint density at radius 1 is 0.966 bits per heavy atom. The van der Waals surface area contributed by atoms with Crippen LogP contribution in [0.2, 0.25) is 0 Å². The molecule has 4 rings (SSSR count). The van der Waals surface area contributed by atoms with Crippen LogP contribution in [0.4, 0.5) is 11.4 Å². The summed E-state index contributed by atoms with van der Waals surface area (Å²) in [5, 5.41) is 7.02. The second-order valence-corrected chi connectivity index (χ2v) is 6.98. The number of nitrogens with two attached hydrogens (primary N) is 1. The predicted octanol–water partition coefficient (Wildman–Crippen LogP) is 2.61. The molecule has 3 N–H and O–H groups in total. The number of benzene rings is 2. The maximum absolute atomic E-state index is 12.8. The fraction of sp³-hybridized carbons (Fsp3) is 0.238. The van der Waals surface area contributed by atoms with Crippen molar-refractivity contribution in [2.75, 3.05) is 23.3 Å². The minimum atomic E-state index is -0.525. The molecule has 0 unspecified atom stereocenters. The van der Waals surface area contributed by atoms with Crippen molar-refractivity contribution in [1.29, 1.82) is 0 Å². The summed E-state index contributed by atoms with van der Waals surface area (Å²) in [5.41, 5.74) is 8.61. The number of anilines is 2. The second kappa shape index (κ2) is 8.14. The van der Waals surface area contributed by atoms with Gasteiger partial charge in [-0.15, -0.1) is 0 Å². The zero-order valence-corrected chi connectivity index (χ0v) is 15.9. The number of nitrogens with zero attached hydrogens (tertiary/aromatic N) is 4. The van der Waals surface area contributed by atoms with Crippen molar-refractivity contribution in [3.05, 3.63) is 66.2 Å². The topological polar surface area (TPSA) is 106 Å². The van der Waals surface area contributed by atoms with E-state index in [4.69, 9.17) is 5.73 Å². The molecule has 1 aliphatic rings. The molecule has 1 fully saturated rings. The highest BCUT2D eigenvalue weighted by Crippen LogP contribution is 2.30. The van der Waals surface area contributed by atoms with Crippen LogP contribution in [-0.2, 0) is 0 Å². The van der Waals surface area contributed by atoms with E-state index >= 15 is 0 Å². The van der Waals surface area contributed by atoms with Crippen LogP contribution in [0.25, 0.3) is 5.69 Å². The molecule has 0 bridgehead atoms. The number of primary amides is 1. The first-order chi connectivity index (χ1) is 14.1. The Kier molecular flexibility index (Phi) is 5.24. The normalized spacial score (nSPS) is 13.9. The van der Waals surface area contributed by atoms with Crippen LogP contribution in [0.15, 0.2) is 55.1 Å². The lowest BCUT2D eigenvalue weighted by Gasteiger charge is -2.30. The Hall–Kier alpha value is -3.68. The molecule has 1 saturated heterocycles. The smallest absolute Gasteiger partial charge is 0.255 e. The van der Waals surface area contributed by atoms with Gasteiger partial charge in [-0.3, -0.25) is 9.59 Å². The number of amides is 2. The van der Waals surface area contributed by atoms with Crippen LogP contribution in [0, 0.1) is 0 Å². The van der Waals surface area contributed by atoms with Gasteiger partial charge in [0.2, 0.25) is 5.91 Å². The largest absolute Gasteiger partial charge is 0.370 e. The summed E-state index contributed by atoms with van der Waals surface area (Å²) in [4.78, 5) is 30.6. The average Bonchev–Trinajstić information content (AvgIpc) is 3.29. The van der Waals surface area contributed by atoms with E-state index in [1.165, 1.54) is 12.7 Å². The predicted molar refractivity (Wildman–Crippen MR) is 110 cm³/mol. The highest BCUT2D eigenvalue weighted by atomic mass is 16.2. The molecular formula is C21H22N6O2. The van der Waals surface area contributed by atoms with Crippen molar-refractivity contribution in [2.24, 2.45) is 5.73 Å². The monoisotopic (exact) mass is 390 g/mol. The van der Waals surface area contributed by atoms with E-state index in [0.717, 1.165) is 37.3 Å². The zero-order chi connectivity index (χ0) is 20.2. The number of piperidine rings is 1. The summed E-state index contributed by atoms with van der Waals surface area (Å²) >= 11 is 0. The lowest BCUT2D eigenvalue weighted by molar-refractivity contribution is 0.0996. The highest BCUT2D eigenvalue weighted by molar-refractivity contribution is 6.07. The summed E-state index contributed by atoms with van der Waals surface area (Å²) in [5.74, 6) is -0.780. The van der Waals surface area contributed by atoms with Gasteiger partial charge in [0.25, 0.3) is 5.91 Å². The van der Waals surface area contributed by atoms with Crippen LogP contribution in [0.5, 0.6) is 0 Å². The minimum absolute atomic E-state index is 0.255. The lowest BCUT2D eigenvalue weighted by atomic mass is 10.1. The summed E-state index contributed by atoms with van der Waals surface area (Å²) in [7, 11) is 0. The average molecular weight is 390 g/mol. The number of carbonyl (C=O) groups is 2. The maximum atomic E-state index is 12.8. The van der Waals surface area contributed by atoms with Crippen molar-refractivity contribution in [3.8, 4) is 5.69 Å². The minimum Gasteiger partial charge on any atom is -0.370 e. The Bertz CT molecular complexity index is 1010. The number of carbonyl (C=O) groups excluding carboxylic acids is 2. The lowest BCUT2D eigenvalue weighted by Crippen LogP contribution is -2.30. The Morgan fingerprint density at radius 2 is 1.69 bits per heavy atom. The molecule has 8 nitrogen and oxygen atoms in total. The molecule has 2 heterocycles. The van der Waals surface area contributed by atoms with Crippen molar-refractivity contribution in [3.63, 3.8) is 0 Å². The van der Waals surface area contributed by atoms with Gasteiger partial charge in [-0.1, -0.05) is 0 Å². The number of aromatic nitrogens is 3. The molecule has 8 heteroatoms. The molecule has 1 aromatic heterocycles. The Morgan fingerprint density at radius 3 is 2.34 bits per heavy atom. The van der Waals surface area contributed by atoms with Crippen LogP contribution < -0.4 is 16.0 Å². The molecule has 148 valence electrons. The van der Waals surface area contributed by atoms with Crippen molar-refractivity contribution in [2.45, 2.75) is 19.3 Å². The van der Waals surface area contributed by atoms with Gasteiger partial charge >= 0.3 is 0 Å². The molecule has 0 aliphatic carbocycles. The third-order valence-corrected chi connectivity index (χ3v) is 5.04. The number of nitrogens with one attached hydrogen (secondary N) is 1. The molecule has 0 saturated carbocycles. The molecule has 29 heavy (non-hydrogen) atoms. The highest BCUT2D eigenvalue weighted by Gasteiger charge is 2.18. The van der Waals surface area contributed by atoms with Gasteiger partial charge in [-0.2, -0.15) is 5.10 Å². The van der Waals surface area contributed by atoms with E-state index in [0.29, 0.717) is 16.8 Å². The Labute approximate surface area is 168 Å². The molecule has 2 amide bonds. The van der Waals surface area contributed by atoms with Crippen molar-refractivity contribution in [1.82, 2.24) is 14.8 Å². The van der Waals surface area contributed by atoms with Gasteiger partial charge in [-0.25, -0.2) is 9.67 Å². The van der Waals surface area contributed by atoms with E-state index < -0.39 is 5.91 Å². The number of hydrogen-bond donors (Lipinski definition) is 2. The molecule has 2 aromatic carbocycles. The zero-order valence-electron chi connectivity index (χ0n) is 15.9. The van der Waals surface area contributed by atoms with Crippen LogP contribution in [0.3, 0.4) is 0 Å². The van der Waals surface area contributed by atoms with Gasteiger partial charge < -0.3 is 16.0 Å². The first-order valence-corrected chi connectivity index (χ1v) is 9.57. The van der Waals surface area contributed by atoms with Gasteiger partial charge in [0.05, 0.1) is 17.1 Å². The Balaban J connectivity index is 1.59. The molecular weight excluding hydrogens is 368 g/mol. The third kappa shape index (κ3) is 4.11. The first kappa shape index (κ1) is 18.7. The van der Waals surface area contributed by atoms with Crippen LogP contribution in [-0.4, -0.2) is 39.7 Å². The van der Waals surface area contributed by atoms with E-state index in [2.05, 4.69) is 20.3 Å². The fourth-order valence-electron chi connectivity index (χ4n) is 3.50. The van der Waals surface area contributed by atoms with E-state index in [9.17, 15) is 9.59 Å². The summed E-state index contributed by atoms with van der Waals surface area (Å²) in [6.45, 7) is 1.84. The fourth-order valence-corrected chi connectivity index (χ4v) is 3.50. The first-order valence-electron chi connectivity index (χ1n) is 9.57. The van der Waals surface area contributed by atoms with Gasteiger partial charge in [0.15, 0.2) is 0 Å². The van der Waals surface area contributed by atoms with Crippen molar-refractivity contribution < 1.29 is 9.59 Å². The SMILES string of the molecule is NC(=O)c1ccc(N2CCCCC2)c(NC(=O)c2ccc(-n3cncn3)cc2)c1. The van der Waals surface area contributed by atoms with Crippen LogP contribution in [0.1, 0.15) is 40.0 Å². The van der Waals surface area contributed by atoms with E-state index in [-0.39, 0.29) is 5.91 Å². The standard InChI is InChI=1S/C21H22N6O2/c22-20(28)16-6-9-19(26-10-2-1-3-11-26)18(12-16)25-21(29)15-4-7-17(8-5-15)27-14-23-13-24-27/h4-9,12-14H,1-3,10-11H2,(H2,22,28)(H,25,29). The van der Waals surface area contributed by atoms with Gasteiger partial charge in [0, 0.05) is 24.2 Å². The molecule has 1 aliphatic heterocycles. The molecule has 0 atom stereocenters. The van der Waals surface area contributed by atoms with Gasteiger partial charge in [-0.05, 0) is 61.7 Å². The number of hydrogen-bond acceptors (Lipinski definition) is 5. The maximum Gasteiger partial charge on any atom is 0.255 e. The van der Waals surface area contributed by atoms with E-state index in [1.54, 1.807) is 47.4 Å². The summed E-state index contributed by atoms with van der Waals surface area (Å²) in [6.07, 6.45) is 6.46. The van der Waals surface area contributed by atoms with Crippen LogP contribution >= 0.6 is 0 Å². The summed E-state index contributed by atoms with van der Waals surface area (Å²) in [6, 6.07) is 12.3. The van der Waals surface area contributed by atoms with Gasteiger partial charge in [0.1, 0.15) is 12.7 Å². The van der Waals surface area contributed by atoms with Crippen molar-refractivity contribution >= 4 is 23.2 Å². The molecule has 3 aromatic rings. The number of rotatable bonds is 5. The molecule has 0 radical (unpaired) electrons. The molecule has 0 spiro atoms. The summed E-state index contributed by atoms with van der Waals surface area (Å²) < 4.78 is 1.62. The second-order valence-electron chi connectivity index (χ2n) is 6.98. The van der Waals surface area contributed by atoms with E-state index in [1.807, 2.05) is 6.07 Å². The quantitative estimate of drug-likeness (QED) is 0.696. The third-order valence-electron chi connectivity index (χ3n) is 5.04.